The van der Waals surface area contributed by atoms with E-state index in [1.165, 1.54) is 5.06 Å². The molecular formula is C41H42N8O4. The Hall–Kier alpha value is -5.74. The molecule has 0 radical (unpaired) electrons. The molecule has 12 nitrogen and oxygen atoms in total. The molecule has 3 aromatic heterocycles. The third kappa shape index (κ3) is 6.94. The molecule has 0 unspecified atom stereocenters. The molecule has 1 aliphatic rings. The van der Waals surface area contributed by atoms with Crippen molar-refractivity contribution in [2.45, 2.75) is 67.1 Å². The van der Waals surface area contributed by atoms with E-state index in [0.29, 0.717) is 77.8 Å². The molecule has 3 aromatic carbocycles. The molecule has 1 aliphatic heterocycles. The molecule has 1 atom stereocenters. The van der Waals surface area contributed by atoms with Crippen LogP contribution < -0.4 is 5.32 Å². The minimum Gasteiger partial charge on any atom is -0.481 e. The molecule has 0 bridgehead atoms. The van der Waals surface area contributed by atoms with Crippen LogP contribution >= 0.6 is 0 Å². The van der Waals surface area contributed by atoms with Crippen molar-refractivity contribution in [3.8, 4) is 28.7 Å². The highest BCUT2D eigenvalue weighted by atomic mass is 16.5. The number of nitrogens with zero attached hydrogens (tertiary/aromatic N) is 7. The Balaban J connectivity index is 1.19. The summed E-state index contributed by atoms with van der Waals surface area (Å²) in [6, 6.07) is 20.0. The fraction of sp³-hybridized carbons (Fsp3) is 0.317. The van der Waals surface area contributed by atoms with Crippen LogP contribution in [0.1, 0.15) is 60.8 Å². The van der Waals surface area contributed by atoms with Crippen LogP contribution in [0.15, 0.2) is 65.2 Å². The number of aromatic nitrogens is 4. The zero-order chi connectivity index (χ0) is 37.6. The number of oxazole rings is 1. The van der Waals surface area contributed by atoms with E-state index >= 15 is 0 Å². The average molecular weight is 711 g/mol. The van der Waals surface area contributed by atoms with E-state index in [4.69, 9.17) is 14.4 Å². The number of nitriles is 1. The Bertz CT molecular complexity index is 2430. The van der Waals surface area contributed by atoms with Crippen molar-refractivity contribution in [1.82, 2.24) is 29.9 Å². The van der Waals surface area contributed by atoms with E-state index in [1.807, 2.05) is 70.2 Å². The summed E-state index contributed by atoms with van der Waals surface area (Å²) in [6.45, 7) is 13.6. The normalized spacial score (nSPS) is 16.2. The SMILES string of the molecule is Cc1nc(Nc2cccc(-c3cccc(-c4nc5cc(CN6CC[C@@](C)(C(=O)O)C6)cc(C#N)c5o4)c3C)c2C)c2ncc(CN(O)C(C)C)cc2n1. The van der Waals surface area contributed by atoms with Gasteiger partial charge >= 0.3 is 5.97 Å². The first-order valence-electron chi connectivity index (χ1n) is 17.7. The number of aryl methyl sites for hydroxylation is 1. The number of anilines is 2. The molecule has 4 heterocycles. The molecule has 0 spiro atoms. The number of hydroxylamine groups is 2. The molecule has 12 heteroatoms. The third-order valence-electron chi connectivity index (χ3n) is 10.2. The Morgan fingerprint density at radius 2 is 1.74 bits per heavy atom. The summed E-state index contributed by atoms with van der Waals surface area (Å²) in [4.78, 5) is 32.8. The lowest BCUT2D eigenvalue weighted by atomic mass is 9.90. The summed E-state index contributed by atoms with van der Waals surface area (Å²) in [6.07, 6.45) is 2.32. The second-order valence-electron chi connectivity index (χ2n) is 14.6. The Morgan fingerprint density at radius 1 is 1.02 bits per heavy atom. The number of likely N-dealkylation sites (tertiary alicyclic amines) is 1. The van der Waals surface area contributed by atoms with Crippen LogP contribution in [0.4, 0.5) is 11.5 Å². The molecule has 1 saturated heterocycles. The third-order valence-corrected chi connectivity index (χ3v) is 10.2. The summed E-state index contributed by atoms with van der Waals surface area (Å²) in [5.74, 6) is 0.826. The first-order valence-corrected chi connectivity index (χ1v) is 17.7. The van der Waals surface area contributed by atoms with E-state index in [2.05, 4.69) is 45.3 Å². The molecule has 0 saturated carbocycles. The van der Waals surface area contributed by atoms with E-state index in [9.17, 15) is 20.4 Å². The van der Waals surface area contributed by atoms with Gasteiger partial charge in [0.05, 0.1) is 23.0 Å². The van der Waals surface area contributed by atoms with Gasteiger partial charge in [-0.3, -0.25) is 14.7 Å². The molecule has 6 aromatic rings. The summed E-state index contributed by atoms with van der Waals surface area (Å²) < 4.78 is 6.29. The summed E-state index contributed by atoms with van der Waals surface area (Å²) in [5, 5.41) is 34.8. The van der Waals surface area contributed by atoms with Crippen LogP contribution in [0.3, 0.4) is 0 Å². The minimum absolute atomic E-state index is 0.0269. The molecule has 53 heavy (non-hydrogen) atoms. The van der Waals surface area contributed by atoms with Crippen LogP contribution in [-0.2, 0) is 17.9 Å². The van der Waals surface area contributed by atoms with Gasteiger partial charge in [0.25, 0.3) is 0 Å². The summed E-state index contributed by atoms with van der Waals surface area (Å²) >= 11 is 0. The number of carboxylic acid groups (broad SMARTS) is 1. The number of hydrogen-bond donors (Lipinski definition) is 3. The van der Waals surface area contributed by atoms with Crippen molar-refractivity contribution in [2.75, 3.05) is 18.4 Å². The lowest BCUT2D eigenvalue weighted by Gasteiger charge is -2.20. The van der Waals surface area contributed by atoms with Gasteiger partial charge in [-0.1, -0.05) is 24.3 Å². The van der Waals surface area contributed by atoms with Crippen LogP contribution in [0, 0.1) is 37.5 Å². The molecule has 1 fully saturated rings. The zero-order valence-electron chi connectivity index (χ0n) is 30.7. The van der Waals surface area contributed by atoms with Gasteiger partial charge in [0, 0.05) is 36.6 Å². The number of nitrogens with one attached hydrogen (secondary N) is 1. The second-order valence-corrected chi connectivity index (χ2v) is 14.6. The van der Waals surface area contributed by atoms with E-state index in [1.54, 1.807) is 13.1 Å². The highest BCUT2D eigenvalue weighted by molar-refractivity contribution is 5.90. The number of aliphatic carboxylic acids is 1. The van der Waals surface area contributed by atoms with Gasteiger partial charge in [-0.25, -0.2) is 15.0 Å². The fourth-order valence-electron chi connectivity index (χ4n) is 7.07. The second kappa shape index (κ2) is 14.0. The van der Waals surface area contributed by atoms with Crippen LogP contribution in [0.25, 0.3) is 44.7 Å². The predicted octanol–water partition coefficient (Wildman–Crippen LogP) is 7.94. The minimum atomic E-state index is -0.788. The van der Waals surface area contributed by atoms with E-state index in [0.717, 1.165) is 44.6 Å². The average Bonchev–Trinajstić information content (AvgIpc) is 3.72. The Morgan fingerprint density at radius 3 is 2.45 bits per heavy atom. The van der Waals surface area contributed by atoms with E-state index in [-0.39, 0.29) is 6.04 Å². The number of rotatable bonds is 10. The summed E-state index contributed by atoms with van der Waals surface area (Å²) in [7, 11) is 0. The molecular weight excluding hydrogens is 669 g/mol. The number of hydrogen-bond acceptors (Lipinski definition) is 11. The maximum atomic E-state index is 11.8. The van der Waals surface area contributed by atoms with Crippen molar-refractivity contribution in [3.05, 3.63) is 94.4 Å². The number of carboxylic acids is 1. The number of fused-ring (bicyclic) bond motifs is 2. The lowest BCUT2D eigenvalue weighted by molar-refractivity contribution is -0.147. The van der Waals surface area contributed by atoms with Crippen molar-refractivity contribution >= 4 is 39.6 Å². The van der Waals surface area contributed by atoms with Gasteiger partial charge in [-0.05, 0) is 118 Å². The van der Waals surface area contributed by atoms with Crippen LogP contribution in [0.5, 0.6) is 0 Å². The first kappa shape index (κ1) is 35.7. The van der Waals surface area contributed by atoms with Crippen molar-refractivity contribution in [1.29, 1.82) is 5.26 Å². The summed E-state index contributed by atoms with van der Waals surface area (Å²) in [5.41, 5.74) is 9.38. The molecule has 3 N–H and O–H groups in total. The van der Waals surface area contributed by atoms with Gasteiger partial charge in [0.2, 0.25) is 5.89 Å². The number of pyridine rings is 1. The largest absolute Gasteiger partial charge is 0.481 e. The Labute approximate surface area is 307 Å². The van der Waals surface area contributed by atoms with Crippen LogP contribution in [-0.4, -0.2) is 65.3 Å². The van der Waals surface area contributed by atoms with Gasteiger partial charge in [-0.15, -0.1) is 0 Å². The topological polar surface area (TPSA) is 165 Å². The van der Waals surface area contributed by atoms with Gasteiger partial charge in [-0.2, -0.15) is 10.3 Å². The molecule has 0 aliphatic carbocycles. The highest BCUT2D eigenvalue weighted by Gasteiger charge is 2.40. The molecule has 0 amide bonds. The van der Waals surface area contributed by atoms with Gasteiger partial charge < -0.3 is 20.0 Å². The molecule has 270 valence electrons. The quantitative estimate of drug-likeness (QED) is 0.118. The number of benzene rings is 3. The number of carbonyl (C=O) groups is 1. The fourth-order valence-corrected chi connectivity index (χ4v) is 7.07. The van der Waals surface area contributed by atoms with Crippen LogP contribution in [0.2, 0.25) is 0 Å². The standard InChI is InChI=1S/C41H42N8O4/c1-23(2)49(52)21-28-17-34-36(43-19-28)38(45-26(5)44-34)46-33-12-8-10-31(25(33)4)30-9-7-11-32(24(30)3)39-47-35-16-27(15-29(18-42)37(35)53-39)20-48-14-13-41(6,22-48)40(50)51/h7-12,15-17,19,23,52H,13-14,20-22H2,1-6H3,(H,50,51)(H,44,45,46)/t41-/m1/s1. The highest BCUT2D eigenvalue weighted by Crippen LogP contribution is 2.38. The van der Waals surface area contributed by atoms with Crippen molar-refractivity contribution in [2.24, 2.45) is 5.41 Å². The van der Waals surface area contributed by atoms with Gasteiger partial charge in [0.1, 0.15) is 22.9 Å². The monoisotopic (exact) mass is 710 g/mol. The molecule has 7 rings (SSSR count). The van der Waals surface area contributed by atoms with Gasteiger partial charge in [0.15, 0.2) is 11.4 Å². The maximum absolute atomic E-state index is 11.8. The van der Waals surface area contributed by atoms with Crippen molar-refractivity contribution < 1.29 is 19.5 Å². The Kier molecular flexibility index (Phi) is 9.42. The maximum Gasteiger partial charge on any atom is 0.310 e. The smallest absolute Gasteiger partial charge is 0.310 e. The zero-order valence-corrected chi connectivity index (χ0v) is 30.7. The van der Waals surface area contributed by atoms with Crippen molar-refractivity contribution in [3.63, 3.8) is 0 Å². The lowest BCUT2D eigenvalue weighted by Crippen LogP contribution is -2.31. The first-order chi connectivity index (χ1) is 25.3. The predicted molar refractivity (Wildman–Crippen MR) is 203 cm³/mol. The van der Waals surface area contributed by atoms with E-state index < -0.39 is 11.4 Å².